The van der Waals surface area contributed by atoms with Gasteiger partial charge in [0.1, 0.15) is 11.9 Å². The monoisotopic (exact) mass is 373 g/mol. The van der Waals surface area contributed by atoms with Gasteiger partial charge in [0.05, 0.1) is 12.8 Å². The quantitative estimate of drug-likeness (QED) is 0.722. The summed E-state index contributed by atoms with van der Waals surface area (Å²) < 4.78 is 37.0. The van der Waals surface area contributed by atoms with Gasteiger partial charge in [-0.05, 0) is 31.5 Å². The first-order valence-corrected chi connectivity index (χ1v) is 9.64. The fraction of sp³-hybridized carbons (Fsp3) is 0.500. The molecule has 7 nitrogen and oxygen atoms in total. The molecule has 0 fully saturated rings. The van der Waals surface area contributed by atoms with Crippen LogP contribution in [0.15, 0.2) is 24.3 Å². The third-order valence-electron chi connectivity index (χ3n) is 3.71. The van der Waals surface area contributed by atoms with Crippen LogP contribution in [0, 0.1) is 5.82 Å². The number of carbonyl (C=O) groups excluding carboxylic acids is 2. The van der Waals surface area contributed by atoms with Crippen molar-refractivity contribution in [2.45, 2.75) is 26.4 Å². The van der Waals surface area contributed by atoms with Gasteiger partial charge < -0.3 is 10.2 Å². The maximum absolute atomic E-state index is 13.1. The summed E-state index contributed by atoms with van der Waals surface area (Å²) in [5.41, 5.74) is 0.632. The van der Waals surface area contributed by atoms with Crippen molar-refractivity contribution in [1.29, 1.82) is 0 Å². The molecule has 0 spiro atoms. The van der Waals surface area contributed by atoms with E-state index >= 15 is 0 Å². The van der Waals surface area contributed by atoms with E-state index in [1.165, 1.54) is 36.2 Å². The zero-order valence-corrected chi connectivity index (χ0v) is 15.6. The lowest BCUT2D eigenvalue weighted by molar-refractivity contribution is -0.140. The topological polar surface area (TPSA) is 86.8 Å². The van der Waals surface area contributed by atoms with Gasteiger partial charge in [0.2, 0.25) is 21.8 Å². The fourth-order valence-corrected chi connectivity index (χ4v) is 2.43. The van der Waals surface area contributed by atoms with Gasteiger partial charge in [0.25, 0.3) is 0 Å². The maximum Gasteiger partial charge on any atom is 0.242 e. The highest BCUT2D eigenvalue weighted by Gasteiger charge is 2.28. The van der Waals surface area contributed by atoms with Crippen molar-refractivity contribution >= 4 is 21.8 Å². The summed E-state index contributed by atoms with van der Waals surface area (Å²) >= 11 is 0. The zero-order valence-electron chi connectivity index (χ0n) is 14.8. The van der Waals surface area contributed by atoms with Crippen LogP contribution >= 0.6 is 0 Å². The SMILES string of the molecule is CCNC(=O)C(C)N(Cc1ccc(F)cc1)C(=O)CN(C)S(C)(=O)=O. The van der Waals surface area contributed by atoms with Crippen molar-refractivity contribution < 1.29 is 22.4 Å². The first-order chi connectivity index (χ1) is 11.6. The van der Waals surface area contributed by atoms with E-state index in [9.17, 15) is 22.4 Å². The second-order valence-electron chi connectivity index (χ2n) is 5.74. The number of halogens is 1. The second kappa shape index (κ2) is 8.91. The number of nitrogens with zero attached hydrogens (tertiary/aromatic N) is 2. The highest BCUT2D eigenvalue weighted by atomic mass is 32.2. The predicted molar refractivity (Wildman–Crippen MR) is 92.6 cm³/mol. The average Bonchev–Trinajstić information content (AvgIpc) is 2.52. The molecule has 0 aliphatic heterocycles. The van der Waals surface area contributed by atoms with E-state index in [-0.39, 0.29) is 19.0 Å². The second-order valence-corrected chi connectivity index (χ2v) is 7.83. The highest BCUT2D eigenvalue weighted by molar-refractivity contribution is 7.88. The molecule has 0 saturated carbocycles. The standard InChI is InChI=1S/C16H24FN3O4S/c1-5-18-16(22)12(2)20(10-13-6-8-14(17)9-7-13)15(21)11-19(3)25(4,23)24/h6-9,12H,5,10-11H2,1-4H3,(H,18,22). The lowest BCUT2D eigenvalue weighted by Crippen LogP contribution is -2.50. The normalized spacial score (nSPS) is 12.7. The summed E-state index contributed by atoms with van der Waals surface area (Å²) in [6.45, 7) is 3.41. The fourth-order valence-electron chi connectivity index (χ4n) is 2.09. The Morgan fingerprint density at radius 2 is 1.80 bits per heavy atom. The number of hydrogen-bond donors (Lipinski definition) is 1. The Hall–Kier alpha value is -2.00. The molecule has 140 valence electrons. The maximum atomic E-state index is 13.1. The molecule has 9 heteroatoms. The van der Waals surface area contributed by atoms with Crippen LogP contribution in [0.25, 0.3) is 0 Å². The van der Waals surface area contributed by atoms with Crippen LogP contribution in [-0.4, -0.2) is 61.9 Å². The number of carbonyl (C=O) groups is 2. The van der Waals surface area contributed by atoms with Crippen LogP contribution in [0.1, 0.15) is 19.4 Å². The Labute approximate surface area is 147 Å². The summed E-state index contributed by atoms with van der Waals surface area (Å²) in [4.78, 5) is 26.0. The molecule has 0 aliphatic rings. The molecule has 1 N–H and O–H groups in total. The van der Waals surface area contributed by atoms with Crippen LogP contribution in [0.2, 0.25) is 0 Å². The largest absolute Gasteiger partial charge is 0.355 e. The predicted octanol–water partition coefficient (Wildman–Crippen LogP) is 0.570. The van der Waals surface area contributed by atoms with Gasteiger partial charge in [-0.15, -0.1) is 0 Å². The third kappa shape index (κ3) is 6.43. The smallest absolute Gasteiger partial charge is 0.242 e. The van der Waals surface area contributed by atoms with Crippen molar-refractivity contribution in [2.75, 3.05) is 26.4 Å². The van der Waals surface area contributed by atoms with Crippen molar-refractivity contribution in [3.05, 3.63) is 35.6 Å². The molecule has 1 unspecified atom stereocenters. The molecule has 0 aliphatic carbocycles. The summed E-state index contributed by atoms with van der Waals surface area (Å²) in [6, 6.07) is 4.75. The van der Waals surface area contributed by atoms with Crippen LogP contribution in [-0.2, 0) is 26.2 Å². The van der Waals surface area contributed by atoms with Gasteiger partial charge in [-0.2, -0.15) is 4.31 Å². The van der Waals surface area contributed by atoms with Gasteiger partial charge in [-0.25, -0.2) is 12.8 Å². The summed E-state index contributed by atoms with van der Waals surface area (Å²) in [6.07, 6.45) is 0.998. The van der Waals surface area contributed by atoms with Crippen LogP contribution in [0.4, 0.5) is 4.39 Å². The van der Waals surface area contributed by atoms with Crippen LogP contribution in [0.3, 0.4) is 0 Å². The zero-order chi connectivity index (χ0) is 19.2. The molecule has 1 atom stereocenters. The molecule has 0 heterocycles. The van der Waals surface area contributed by atoms with E-state index in [0.29, 0.717) is 12.1 Å². The van der Waals surface area contributed by atoms with E-state index in [0.717, 1.165) is 10.6 Å². The van der Waals surface area contributed by atoms with Crippen LogP contribution < -0.4 is 5.32 Å². The van der Waals surface area contributed by atoms with E-state index < -0.39 is 27.8 Å². The van der Waals surface area contributed by atoms with E-state index in [4.69, 9.17) is 0 Å². The molecule has 0 bridgehead atoms. The van der Waals surface area contributed by atoms with Crippen molar-refractivity contribution in [3.8, 4) is 0 Å². The van der Waals surface area contributed by atoms with Gasteiger partial charge in [-0.1, -0.05) is 12.1 Å². The highest BCUT2D eigenvalue weighted by Crippen LogP contribution is 2.11. The summed E-state index contributed by atoms with van der Waals surface area (Å²) in [7, 11) is -2.24. The average molecular weight is 373 g/mol. The molecule has 1 aromatic rings. The number of amides is 2. The van der Waals surface area contributed by atoms with Crippen molar-refractivity contribution in [1.82, 2.24) is 14.5 Å². The van der Waals surface area contributed by atoms with Gasteiger partial charge in [0.15, 0.2) is 0 Å². The number of likely N-dealkylation sites (N-methyl/N-ethyl adjacent to an activating group) is 2. The Balaban J connectivity index is 3.02. The van der Waals surface area contributed by atoms with Crippen molar-refractivity contribution in [2.24, 2.45) is 0 Å². The Morgan fingerprint density at radius 1 is 1.24 bits per heavy atom. The van der Waals surface area contributed by atoms with Gasteiger partial charge in [0, 0.05) is 20.1 Å². The molecule has 0 aromatic heterocycles. The molecule has 1 rings (SSSR count). The Morgan fingerprint density at radius 3 is 2.28 bits per heavy atom. The first kappa shape index (κ1) is 21.0. The number of sulfonamides is 1. The van der Waals surface area contributed by atoms with Crippen molar-refractivity contribution in [3.63, 3.8) is 0 Å². The number of rotatable bonds is 8. The Kier molecular flexibility index (Phi) is 7.50. The molecule has 2 amide bonds. The molecule has 0 saturated heterocycles. The van der Waals surface area contributed by atoms with Crippen LogP contribution in [0.5, 0.6) is 0 Å². The number of benzene rings is 1. The summed E-state index contributed by atoms with van der Waals surface area (Å²) in [5, 5.41) is 2.63. The van der Waals surface area contributed by atoms with Gasteiger partial charge in [-0.3, -0.25) is 9.59 Å². The molecule has 1 aromatic carbocycles. The molecular weight excluding hydrogens is 349 g/mol. The van der Waals surface area contributed by atoms with E-state index in [1.807, 2.05) is 0 Å². The number of hydrogen-bond acceptors (Lipinski definition) is 4. The van der Waals surface area contributed by atoms with E-state index in [2.05, 4.69) is 5.32 Å². The minimum Gasteiger partial charge on any atom is -0.355 e. The third-order valence-corrected chi connectivity index (χ3v) is 4.97. The van der Waals surface area contributed by atoms with E-state index in [1.54, 1.807) is 13.8 Å². The first-order valence-electron chi connectivity index (χ1n) is 7.79. The lowest BCUT2D eigenvalue weighted by Gasteiger charge is -2.30. The summed E-state index contributed by atoms with van der Waals surface area (Å²) in [5.74, 6) is -1.27. The lowest BCUT2D eigenvalue weighted by atomic mass is 10.1. The Bertz CT molecular complexity index is 707. The number of nitrogens with one attached hydrogen (secondary N) is 1. The molecular formula is C16H24FN3O4S. The molecule has 25 heavy (non-hydrogen) atoms. The van der Waals surface area contributed by atoms with Gasteiger partial charge >= 0.3 is 0 Å². The minimum atomic E-state index is -3.53. The minimum absolute atomic E-state index is 0.0645. The molecule has 0 radical (unpaired) electrons.